The van der Waals surface area contributed by atoms with Crippen LogP contribution in [0.25, 0.3) is 0 Å². The maximum absolute atomic E-state index is 9.45. The molecule has 0 unspecified atom stereocenters. The Morgan fingerprint density at radius 3 is 2.83 bits per heavy atom. The van der Waals surface area contributed by atoms with Crippen LogP contribution in [0.1, 0.15) is 38.0 Å². The molecule has 2 atom stereocenters. The van der Waals surface area contributed by atoms with Crippen LogP contribution >= 0.6 is 0 Å². The third kappa shape index (κ3) is 3.28. The van der Waals surface area contributed by atoms with Gasteiger partial charge in [-0.05, 0) is 19.5 Å². The van der Waals surface area contributed by atoms with Crippen molar-refractivity contribution in [1.29, 1.82) is 0 Å². The minimum Gasteiger partial charge on any atom is -0.392 e. The van der Waals surface area contributed by atoms with Gasteiger partial charge in [0, 0.05) is 19.5 Å². The highest BCUT2D eigenvalue weighted by Crippen LogP contribution is 2.21. The minimum absolute atomic E-state index is 0.00898. The molecule has 2 heterocycles. The topological polar surface area (TPSA) is 74.4 Å². The van der Waals surface area contributed by atoms with Crippen molar-refractivity contribution in [3.63, 3.8) is 0 Å². The SMILES string of the molecule is CCN(CC)CCc1noc([C@H]2C[C@H](O)CN2)n1. The Hall–Kier alpha value is -0.980. The first-order valence-corrected chi connectivity index (χ1v) is 6.69. The van der Waals surface area contributed by atoms with Crippen molar-refractivity contribution in [1.82, 2.24) is 20.4 Å². The number of nitrogens with zero attached hydrogens (tertiary/aromatic N) is 3. The molecular formula is C12H22N4O2. The van der Waals surface area contributed by atoms with Crippen LogP contribution in [-0.2, 0) is 6.42 Å². The van der Waals surface area contributed by atoms with Gasteiger partial charge in [-0.15, -0.1) is 0 Å². The fraction of sp³-hybridized carbons (Fsp3) is 0.833. The van der Waals surface area contributed by atoms with Gasteiger partial charge in [-0.25, -0.2) is 0 Å². The highest BCUT2D eigenvalue weighted by Gasteiger charge is 2.27. The monoisotopic (exact) mass is 254 g/mol. The fourth-order valence-electron chi connectivity index (χ4n) is 2.21. The van der Waals surface area contributed by atoms with E-state index in [1.807, 2.05) is 0 Å². The van der Waals surface area contributed by atoms with Gasteiger partial charge in [0.05, 0.1) is 12.1 Å². The average molecular weight is 254 g/mol. The van der Waals surface area contributed by atoms with Crippen LogP contribution in [0.4, 0.5) is 0 Å². The first kappa shape index (κ1) is 13.5. The summed E-state index contributed by atoms with van der Waals surface area (Å²) in [7, 11) is 0. The predicted octanol–water partition coefficient (Wildman–Crippen LogP) is 0.349. The van der Waals surface area contributed by atoms with Gasteiger partial charge in [0.2, 0.25) is 5.89 Å². The first-order chi connectivity index (χ1) is 8.72. The molecule has 2 rings (SSSR count). The maximum atomic E-state index is 9.45. The number of hydrogen-bond acceptors (Lipinski definition) is 6. The van der Waals surface area contributed by atoms with Gasteiger partial charge in [0.1, 0.15) is 0 Å². The third-order valence-corrected chi connectivity index (χ3v) is 3.44. The zero-order valence-electron chi connectivity index (χ0n) is 11.1. The van der Waals surface area contributed by atoms with Crippen molar-refractivity contribution in [3.8, 4) is 0 Å². The molecule has 6 nitrogen and oxygen atoms in total. The van der Waals surface area contributed by atoms with Gasteiger partial charge in [0.15, 0.2) is 5.82 Å². The molecule has 1 aliphatic heterocycles. The standard InChI is InChI=1S/C12H22N4O2/c1-3-16(4-2)6-5-11-14-12(18-15-11)10-7-9(17)8-13-10/h9-10,13,17H,3-8H2,1-2H3/t9-,10+/m0/s1. The summed E-state index contributed by atoms with van der Waals surface area (Å²) in [5.74, 6) is 1.35. The third-order valence-electron chi connectivity index (χ3n) is 3.44. The smallest absolute Gasteiger partial charge is 0.243 e. The van der Waals surface area contributed by atoms with Crippen LogP contribution in [0.15, 0.2) is 4.52 Å². The Balaban J connectivity index is 1.86. The van der Waals surface area contributed by atoms with E-state index in [4.69, 9.17) is 4.52 Å². The lowest BCUT2D eigenvalue weighted by Gasteiger charge is -2.16. The van der Waals surface area contributed by atoms with Crippen molar-refractivity contribution < 1.29 is 9.63 Å². The van der Waals surface area contributed by atoms with Gasteiger partial charge in [-0.3, -0.25) is 0 Å². The van der Waals surface area contributed by atoms with Crippen LogP contribution in [-0.4, -0.2) is 52.4 Å². The zero-order chi connectivity index (χ0) is 13.0. The number of nitrogens with one attached hydrogen (secondary N) is 1. The second kappa shape index (κ2) is 6.26. The van der Waals surface area contributed by atoms with Gasteiger partial charge in [0.25, 0.3) is 0 Å². The second-order valence-corrected chi connectivity index (χ2v) is 4.68. The molecular weight excluding hydrogens is 232 g/mol. The lowest BCUT2D eigenvalue weighted by atomic mass is 10.2. The van der Waals surface area contributed by atoms with Crippen LogP contribution < -0.4 is 5.32 Å². The number of aliphatic hydroxyl groups is 1. The van der Waals surface area contributed by atoms with E-state index >= 15 is 0 Å². The highest BCUT2D eigenvalue weighted by atomic mass is 16.5. The number of likely N-dealkylation sites (N-methyl/N-ethyl adjacent to an activating group) is 1. The fourth-order valence-corrected chi connectivity index (χ4v) is 2.21. The van der Waals surface area contributed by atoms with Crippen LogP contribution in [0.3, 0.4) is 0 Å². The molecule has 1 aromatic heterocycles. The van der Waals surface area contributed by atoms with E-state index < -0.39 is 0 Å². The molecule has 0 spiro atoms. The van der Waals surface area contributed by atoms with E-state index in [1.54, 1.807) is 0 Å². The Morgan fingerprint density at radius 2 is 2.22 bits per heavy atom. The number of aromatic nitrogens is 2. The molecule has 18 heavy (non-hydrogen) atoms. The molecule has 0 aliphatic carbocycles. The molecule has 1 fully saturated rings. The maximum Gasteiger partial charge on any atom is 0.243 e. The molecule has 1 aromatic rings. The lowest BCUT2D eigenvalue weighted by Crippen LogP contribution is -2.25. The zero-order valence-corrected chi connectivity index (χ0v) is 11.1. The van der Waals surface area contributed by atoms with E-state index in [-0.39, 0.29) is 12.1 Å². The van der Waals surface area contributed by atoms with E-state index in [2.05, 4.69) is 34.2 Å². The van der Waals surface area contributed by atoms with Crippen molar-refractivity contribution in [3.05, 3.63) is 11.7 Å². The molecule has 6 heteroatoms. The van der Waals surface area contributed by atoms with Crippen molar-refractivity contribution in [2.75, 3.05) is 26.2 Å². The van der Waals surface area contributed by atoms with Crippen molar-refractivity contribution >= 4 is 0 Å². The first-order valence-electron chi connectivity index (χ1n) is 6.69. The van der Waals surface area contributed by atoms with Gasteiger partial charge < -0.3 is 19.8 Å². The molecule has 0 saturated carbocycles. The molecule has 0 amide bonds. The summed E-state index contributed by atoms with van der Waals surface area (Å²) in [6.07, 6.45) is 1.15. The molecule has 2 N–H and O–H groups in total. The van der Waals surface area contributed by atoms with E-state index in [9.17, 15) is 5.11 Å². The number of rotatable bonds is 6. The molecule has 0 aromatic carbocycles. The van der Waals surface area contributed by atoms with Crippen LogP contribution in [0.2, 0.25) is 0 Å². The number of aliphatic hydroxyl groups excluding tert-OH is 1. The predicted molar refractivity (Wildman–Crippen MR) is 67.2 cm³/mol. The number of hydrogen-bond donors (Lipinski definition) is 2. The molecule has 1 saturated heterocycles. The summed E-state index contributed by atoms with van der Waals surface area (Å²) in [4.78, 5) is 6.72. The Morgan fingerprint density at radius 1 is 1.44 bits per heavy atom. The highest BCUT2D eigenvalue weighted by molar-refractivity contribution is 4.97. The average Bonchev–Trinajstić information content (AvgIpc) is 2.99. The van der Waals surface area contributed by atoms with E-state index in [1.165, 1.54) is 0 Å². The molecule has 102 valence electrons. The van der Waals surface area contributed by atoms with Gasteiger partial charge in [-0.2, -0.15) is 4.98 Å². The van der Waals surface area contributed by atoms with Gasteiger partial charge >= 0.3 is 0 Å². The Bertz CT molecular complexity index is 365. The van der Waals surface area contributed by atoms with Crippen molar-refractivity contribution in [2.45, 2.75) is 38.8 Å². The summed E-state index contributed by atoms with van der Waals surface area (Å²) in [6, 6.07) is 0.00898. The summed E-state index contributed by atoms with van der Waals surface area (Å²) in [5, 5.41) is 16.6. The summed E-state index contributed by atoms with van der Waals surface area (Å²) >= 11 is 0. The molecule has 0 bridgehead atoms. The van der Waals surface area contributed by atoms with E-state index in [0.717, 1.165) is 31.9 Å². The lowest BCUT2D eigenvalue weighted by molar-refractivity contribution is 0.191. The molecule has 1 aliphatic rings. The summed E-state index contributed by atoms with van der Waals surface area (Å²) in [6.45, 7) is 7.92. The van der Waals surface area contributed by atoms with Crippen LogP contribution in [0, 0.1) is 0 Å². The van der Waals surface area contributed by atoms with Crippen LogP contribution in [0.5, 0.6) is 0 Å². The Labute approximate surface area is 107 Å². The second-order valence-electron chi connectivity index (χ2n) is 4.68. The molecule has 0 radical (unpaired) electrons. The Kier molecular flexibility index (Phi) is 4.68. The number of β-amino-alcohol motifs (C(OH)–C–C–N with tert-alkyl or cyclic N) is 1. The van der Waals surface area contributed by atoms with E-state index in [0.29, 0.717) is 18.9 Å². The summed E-state index contributed by atoms with van der Waals surface area (Å²) < 4.78 is 5.24. The summed E-state index contributed by atoms with van der Waals surface area (Å²) in [5.41, 5.74) is 0. The quantitative estimate of drug-likeness (QED) is 0.763. The van der Waals surface area contributed by atoms with Crippen molar-refractivity contribution in [2.24, 2.45) is 0 Å². The normalized spacial score (nSPS) is 24.0. The minimum atomic E-state index is -0.305. The van der Waals surface area contributed by atoms with Gasteiger partial charge in [-0.1, -0.05) is 19.0 Å². The largest absolute Gasteiger partial charge is 0.392 e.